The first kappa shape index (κ1) is 16.9. The van der Waals surface area contributed by atoms with Gasteiger partial charge in [0.25, 0.3) is 0 Å². The van der Waals surface area contributed by atoms with E-state index in [-0.39, 0.29) is 22.5 Å². The molecule has 0 atom stereocenters. The molecule has 0 fully saturated rings. The molecule has 0 bridgehead atoms. The lowest BCUT2D eigenvalue weighted by Gasteiger charge is -2.13. The number of rotatable bonds is 4. The van der Waals surface area contributed by atoms with Gasteiger partial charge in [-0.15, -0.1) is 0 Å². The number of pyridine rings is 1. The summed E-state index contributed by atoms with van der Waals surface area (Å²) in [5.74, 6) is -1.09. The van der Waals surface area contributed by atoms with Crippen LogP contribution in [0.1, 0.15) is 17.3 Å². The first-order chi connectivity index (χ1) is 10.6. The van der Waals surface area contributed by atoms with Gasteiger partial charge in [-0.2, -0.15) is 21.6 Å². The van der Waals surface area contributed by atoms with E-state index < -0.39 is 21.5 Å². The summed E-state index contributed by atoms with van der Waals surface area (Å²) in [6.07, 6.45) is 1.08. The number of ketones is 1. The molecule has 2 rings (SSSR count). The number of alkyl halides is 3. The van der Waals surface area contributed by atoms with Crippen molar-refractivity contribution in [2.75, 3.05) is 0 Å². The molecule has 0 saturated carbocycles. The zero-order chi connectivity index (χ0) is 17.3. The normalized spacial score (nSPS) is 12.0. The van der Waals surface area contributed by atoms with Gasteiger partial charge in [-0.05, 0) is 24.6 Å². The van der Waals surface area contributed by atoms with Crippen LogP contribution >= 0.6 is 0 Å². The van der Waals surface area contributed by atoms with Crippen molar-refractivity contribution in [2.24, 2.45) is 0 Å². The lowest BCUT2D eigenvalue weighted by atomic mass is 9.98. The van der Waals surface area contributed by atoms with Crippen molar-refractivity contribution in [1.29, 1.82) is 0 Å². The van der Waals surface area contributed by atoms with Crippen molar-refractivity contribution in [2.45, 2.75) is 12.4 Å². The molecule has 2 aromatic rings. The van der Waals surface area contributed by atoms with Gasteiger partial charge in [-0.1, -0.05) is 24.3 Å². The van der Waals surface area contributed by atoms with Crippen LogP contribution in [0.25, 0.3) is 11.1 Å². The van der Waals surface area contributed by atoms with Crippen molar-refractivity contribution in [3.63, 3.8) is 0 Å². The number of Topliss-reactive ketones (excluding diaryl/α,β-unsaturated/α-hetero) is 1. The zero-order valence-electron chi connectivity index (χ0n) is 11.7. The van der Waals surface area contributed by atoms with E-state index in [1.807, 2.05) is 0 Å². The number of hydrogen-bond acceptors (Lipinski definition) is 5. The molecule has 1 aromatic heterocycles. The van der Waals surface area contributed by atoms with Crippen molar-refractivity contribution in [3.8, 4) is 17.0 Å². The molecule has 23 heavy (non-hydrogen) atoms. The average molecular weight is 345 g/mol. The minimum atomic E-state index is -5.86. The Hall–Kier alpha value is -2.42. The molecular weight excluding hydrogens is 335 g/mol. The molecule has 0 N–H and O–H groups in total. The lowest BCUT2D eigenvalue weighted by Crippen LogP contribution is -2.28. The van der Waals surface area contributed by atoms with Gasteiger partial charge >= 0.3 is 15.6 Å². The lowest BCUT2D eigenvalue weighted by molar-refractivity contribution is -0.0501. The van der Waals surface area contributed by atoms with Crippen LogP contribution in [-0.4, -0.2) is 24.7 Å². The third-order valence-electron chi connectivity index (χ3n) is 2.84. The number of hydrogen-bond donors (Lipinski definition) is 0. The average Bonchev–Trinajstić information content (AvgIpc) is 2.46. The summed E-state index contributed by atoms with van der Waals surface area (Å²) in [5, 5.41) is 0. The van der Waals surface area contributed by atoms with Crippen molar-refractivity contribution < 1.29 is 30.6 Å². The van der Waals surface area contributed by atoms with Crippen molar-refractivity contribution in [1.82, 2.24) is 4.98 Å². The molecule has 5 nitrogen and oxygen atoms in total. The third kappa shape index (κ3) is 3.50. The number of aromatic nitrogens is 1. The van der Waals surface area contributed by atoms with Gasteiger partial charge < -0.3 is 4.18 Å². The minimum Gasteiger partial charge on any atom is -0.355 e. The Labute approximate surface area is 129 Å². The van der Waals surface area contributed by atoms with Crippen LogP contribution in [0.3, 0.4) is 0 Å². The maximum absolute atomic E-state index is 12.5. The van der Waals surface area contributed by atoms with Crippen LogP contribution in [0, 0.1) is 0 Å². The van der Waals surface area contributed by atoms with Gasteiger partial charge in [-0.25, -0.2) is 4.98 Å². The van der Waals surface area contributed by atoms with E-state index in [1.165, 1.54) is 31.2 Å². The van der Waals surface area contributed by atoms with Gasteiger partial charge in [0.05, 0.1) is 0 Å². The third-order valence-corrected chi connectivity index (χ3v) is 3.78. The van der Waals surface area contributed by atoms with E-state index in [0.29, 0.717) is 0 Å². The summed E-state index contributed by atoms with van der Waals surface area (Å²) in [6, 6.07) is 8.75. The van der Waals surface area contributed by atoms with Crippen LogP contribution in [0.15, 0.2) is 42.6 Å². The molecule has 9 heteroatoms. The maximum atomic E-state index is 12.5. The highest BCUT2D eigenvalue weighted by Crippen LogP contribution is 2.34. The molecule has 0 aliphatic heterocycles. The fraction of sp³-hybridized carbons (Fsp3) is 0.143. The number of benzene rings is 1. The van der Waals surface area contributed by atoms with E-state index in [0.717, 1.165) is 6.20 Å². The van der Waals surface area contributed by atoms with E-state index in [2.05, 4.69) is 9.17 Å². The summed E-state index contributed by atoms with van der Waals surface area (Å²) in [7, 11) is -5.86. The van der Waals surface area contributed by atoms with Gasteiger partial charge in [0.15, 0.2) is 5.78 Å². The van der Waals surface area contributed by atoms with E-state index in [9.17, 15) is 26.4 Å². The molecule has 122 valence electrons. The maximum Gasteiger partial charge on any atom is 0.534 e. The van der Waals surface area contributed by atoms with E-state index in [4.69, 9.17) is 0 Å². The number of nitrogens with zero attached hydrogens (tertiary/aromatic N) is 1. The molecule has 0 amide bonds. The van der Waals surface area contributed by atoms with E-state index in [1.54, 1.807) is 12.1 Å². The topological polar surface area (TPSA) is 73.3 Å². The van der Waals surface area contributed by atoms with Gasteiger partial charge in [-0.3, -0.25) is 4.79 Å². The summed E-state index contributed by atoms with van der Waals surface area (Å²) in [5.41, 5.74) is -5.19. The molecular formula is C14H10F3NO4S. The highest BCUT2D eigenvalue weighted by Gasteiger charge is 2.49. The molecule has 0 unspecified atom stereocenters. The highest BCUT2D eigenvalue weighted by atomic mass is 32.2. The van der Waals surface area contributed by atoms with Crippen LogP contribution in [0.4, 0.5) is 13.2 Å². The Kier molecular flexibility index (Phi) is 4.42. The zero-order valence-corrected chi connectivity index (χ0v) is 12.5. The second-order valence-corrected chi connectivity index (χ2v) is 5.98. The number of carbonyl (C=O) groups excluding carboxylic acids is 1. The number of carbonyl (C=O) groups is 1. The molecule has 0 aliphatic carbocycles. The Morgan fingerprint density at radius 3 is 2.30 bits per heavy atom. The molecule has 0 saturated heterocycles. The smallest absolute Gasteiger partial charge is 0.355 e. The van der Waals surface area contributed by atoms with Crippen molar-refractivity contribution in [3.05, 3.63) is 48.2 Å². The Morgan fingerprint density at radius 1 is 1.09 bits per heavy atom. The fourth-order valence-electron chi connectivity index (χ4n) is 1.84. The summed E-state index contributed by atoms with van der Waals surface area (Å²) in [6.45, 7) is 1.28. The van der Waals surface area contributed by atoms with Crippen LogP contribution in [0.2, 0.25) is 0 Å². The summed E-state index contributed by atoms with van der Waals surface area (Å²) < 4.78 is 63.8. The van der Waals surface area contributed by atoms with E-state index >= 15 is 0 Å². The molecule has 0 spiro atoms. The molecule has 0 aliphatic rings. The van der Waals surface area contributed by atoms with Crippen LogP contribution in [0.5, 0.6) is 5.88 Å². The molecule has 1 heterocycles. The van der Waals surface area contributed by atoms with Gasteiger partial charge in [0, 0.05) is 17.3 Å². The molecule has 0 radical (unpaired) electrons. The number of halogens is 3. The Balaban J connectivity index is 2.59. The summed E-state index contributed by atoms with van der Waals surface area (Å²) >= 11 is 0. The second kappa shape index (κ2) is 5.99. The minimum absolute atomic E-state index is 0.0360. The Morgan fingerprint density at radius 2 is 1.70 bits per heavy atom. The monoisotopic (exact) mass is 345 g/mol. The van der Waals surface area contributed by atoms with Gasteiger partial charge in [0.2, 0.25) is 5.88 Å². The second-order valence-electron chi connectivity index (χ2n) is 4.44. The quantitative estimate of drug-likeness (QED) is 0.483. The largest absolute Gasteiger partial charge is 0.534 e. The standard InChI is InChI=1S/C14H10F3NO4S/c1-9(19)10-5-2-3-6-11(10)12-7-4-8-18-13(12)22-23(20,21)14(15,16)17/h2-8H,1H3. The Bertz CT molecular complexity index is 847. The predicted octanol–water partition coefficient (Wildman–Crippen LogP) is 3.18. The first-order valence-electron chi connectivity index (χ1n) is 6.19. The first-order valence-corrected chi connectivity index (χ1v) is 7.60. The van der Waals surface area contributed by atoms with Crippen LogP contribution < -0.4 is 4.18 Å². The predicted molar refractivity (Wildman–Crippen MR) is 75.3 cm³/mol. The van der Waals surface area contributed by atoms with Crippen LogP contribution in [-0.2, 0) is 10.1 Å². The van der Waals surface area contributed by atoms with Gasteiger partial charge in [0.1, 0.15) is 0 Å². The SMILES string of the molecule is CC(=O)c1ccccc1-c1cccnc1OS(=O)(=O)C(F)(F)F. The highest BCUT2D eigenvalue weighted by molar-refractivity contribution is 7.88. The van der Waals surface area contributed by atoms with Crippen molar-refractivity contribution >= 4 is 15.9 Å². The fourth-order valence-corrected chi connectivity index (χ4v) is 2.27. The summed E-state index contributed by atoms with van der Waals surface area (Å²) in [4.78, 5) is 15.2. The molecule has 1 aromatic carbocycles.